The predicted octanol–water partition coefficient (Wildman–Crippen LogP) is 5.55. The molecule has 0 aliphatic heterocycles. The highest BCUT2D eigenvalue weighted by Gasteiger charge is 2.30. The van der Waals surface area contributed by atoms with Gasteiger partial charge in [-0.1, -0.05) is 73.3 Å². The Morgan fingerprint density at radius 1 is 0.881 bits per heavy atom. The second kappa shape index (κ2) is 13.4. The van der Waals surface area contributed by atoms with Crippen molar-refractivity contribution in [3.63, 3.8) is 0 Å². The molecule has 8 nitrogen and oxygen atoms in total. The normalized spacial score (nSPS) is 13.6. The Morgan fingerprint density at radius 2 is 1.48 bits per heavy atom. The lowest BCUT2D eigenvalue weighted by Gasteiger charge is -2.23. The molecule has 42 heavy (non-hydrogen) atoms. The second-order valence-corrected chi connectivity index (χ2v) is 11.2. The zero-order chi connectivity index (χ0) is 30.3. The quantitative estimate of drug-likeness (QED) is 0.232. The van der Waals surface area contributed by atoms with Crippen LogP contribution < -0.4 is 15.4 Å². The minimum atomic E-state index is -1.01. The van der Waals surface area contributed by atoms with Gasteiger partial charge in [-0.25, -0.2) is 9.59 Å². The molecule has 0 aromatic heterocycles. The molecule has 0 spiro atoms. The highest BCUT2D eigenvalue weighted by atomic mass is 16.5. The Hall–Kier alpha value is -4.59. The van der Waals surface area contributed by atoms with Gasteiger partial charge in [0.15, 0.2) is 0 Å². The van der Waals surface area contributed by atoms with E-state index >= 15 is 0 Å². The van der Waals surface area contributed by atoms with E-state index in [4.69, 9.17) is 14.2 Å². The number of alkyl carbamates (subject to hydrolysis) is 1. The van der Waals surface area contributed by atoms with Crippen molar-refractivity contribution >= 4 is 18.0 Å². The highest BCUT2D eigenvalue weighted by molar-refractivity contribution is 5.89. The summed E-state index contributed by atoms with van der Waals surface area (Å²) < 4.78 is 16.6. The van der Waals surface area contributed by atoms with Crippen molar-refractivity contribution in [3.05, 3.63) is 102 Å². The van der Waals surface area contributed by atoms with Crippen LogP contribution >= 0.6 is 0 Å². The number of amides is 2. The van der Waals surface area contributed by atoms with E-state index in [0.29, 0.717) is 5.75 Å². The number of carbonyl (C=O) groups excluding carboxylic acids is 3. The minimum absolute atomic E-state index is 0.0312. The molecule has 2 atom stereocenters. The minimum Gasteiger partial charge on any atom is -0.488 e. The molecule has 1 aliphatic carbocycles. The molecule has 0 fully saturated rings. The van der Waals surface area contributed by atoms with Crippen LogP contribution in [0.5, 0.6) is 5.75 Å². The molecule has 0 radical (unpaired) electrons. The van der Waals surface area contributed by atoms with Crippen molar-refractivity contribution in [1.82, 2.24) is 10.6 Å². The molecule has 8 heteroatoms. The van der Waals surface area contributed by atoms with E-state index in [-0.39, 0.29) is 31.2 Å². The van der Waals surface area contributed by atoms with Crippen LogP contribution in [0, 0.1) is 0 Å². The van der Waals surface area contributed by atoms with Crippen molar-refractivity contribution in [2.75, 3.05) is 13.2 Å². The lowest BCUT2D eigenvalue weighted by Crippen LogP contribution is -2.52. The summed E-state index contributed by atoms with van der Waals surface area (Å²) in [6.45, 7) is 11.1. The Labute approximate surface area is 247 Å². The standard InChI is InChI=1S/C34H38N2O6/c1-6-19-40-32(38)22(2)35-31(37)30(20-23-15-17-24(18-16-23)42-34(3,4)5)36-33(39)41-21-29-27-13-9-7-11-25(27)26-12-8-10-14-28(26)29/h6-18,22,29-30H,1,19-21H2,2-5H3,(H,35,37)(H,36,39)/t22-,30-/m0/s1. The largest absolute Gasteiger partial charge is 0.488 e. The third-order valence-corrected chi connectivity index (χ3v) is 6.80. The molecular formula is C34H38N2O6. The maximum absolute atomic E-state index is 13.3. The summed E-state index contributed by atoms with van der Waals surface area (Å²) in [7, 11) is 0. The number of benzene rings is 3. The van der Waals surface area contributed by atoms with Crippen LogP contribution in [0.15, 0.2) is 85.5 Å². The Bertz CT molecular complexity index is 1380. The molecule has 0 saturated carbocycles. The van der Waals surface area contributed by atoms with E-state index < -0.39 is 30.1 Å². The van der Waals surface area contributed by atoms with Crippen LogP contribution in [-0.2, 0) is 25.5 Å². The van der Waals surface area contributed by atoms with E-state index in [1.807, 2.05) is 81.4 Å². The number of fused-ring (bicyclic) bond motifs is 3. The van der Waals surface area contributed by atoms with Gasteiger partial charge >= 0.3 is 12.1 Å². The van der Waals surface area contributed by atoms with Crippen LogP contribution in [0.1, 0.15) is 50.3 Å². The number of rotatable bonds is 11. The molecule has 2 amide bonds. The first-order chi connectivity index (χ1) is 20.1. The first kappa shape index (κ1) is 30.4. The number of hydrogen-bond acceptors (Lipinski definition) is 6. The van der Waals surface area contributed by atoms with Crippen molar-refractivity contribution in [3.8, 4) is 16.9 Å². The van der Waals surface area contributed by atoms with Crippen LogP contribution in [0.4, 0.5) is 4.79 Å². The molecule has 220 valence electrons. The van der Waals surface area contributed by atoms with Gasteiger partial charge in [0.05, 0.1) is 0 Å². The first-order valence-corrected chi connectivity index (χ1v) is 14.0. The summed E-state index contributed by atoms with van der Waals surface area (Å²) in [6.07, 6.45) is 0.882. The summed E-state index contributed by atoms with van der Waals surface area (Å²) in [4.78, 5) is 38.6. The molecule has 1 aliphatic rings. The highest BCUT2D eigenvalue weighted by Crippen LogP contribution is 2.44. The summed E-state index contributed by atoms with van der Waals surface area (Å²) in [5.74, 6) is -0.575. The van der Waals surface area contributed by atoms with Crippen LogP contribution in [0.3, 0.4) is 0 Å². The third-order valence-electron chi connectivity index (χ3n) is 6.80. The number of esters is 1. The van der Waals surface area contributed by atoms with E-state index in [2.05, 4.69) is 29.3 Å². The molecule has 0 saturated heterocycles. The molecule has 0 unspecified atom stereocenters. The Balaban J connectivity index is 1.46. The third kappa shape index (κ3) is 7.78. The SMILES string of the molecule is C=CCOC(=O)[C@H](C)NC(=O)[C@H](Cc1ccc(OC(C)(C)C)cc1)NC(=O)OCC1c2ccccc2-c2ccccc21. The molecule has 2 N–H and O–H groups in total. The zero-order valence-corrected chi connectivity index (χ0v) is 24.5. The fourth-order valence-electron chi connectivity index (χ4n) is 4.91. The number of nitrogens with one attached hydrogen (secondary N) is 2. The van der Waals surface area contributed by atoms with Gasteiger partial charge in [0.1, 0.15) is 36.6 Å². The van der Waals surface area contributed by atoms with Gasteiger partial charge in [-0.05, 0) is 67.6 Å². The second-order valence-electron chi connectivity index (χ2n) is 11.2. The van der Waals surface area contributed by atoms with E-state index in [1.165, 1.54) is 13.0 Å². The number of carbonyl (C=O) groups is 3. The van der Waals surface area contributed by atoms with Crippen molar-refractivity contribution in [2.24, 2.45) is 0 Å². The number of hydrogen-bond donors (Lipinski definition) is 2. The van der Waals surface area contributed by atoms with Gasteiger partial charge in [-0.15, -0.1) is 0 Å². The van der Waals surface area contributed by atoms with Gasteiger partial charge < -0.3 is 24.8 Å². The van der Waals surface area contributed by atoms with Crippen LogP contribution in [-0.4, -0.2) is 48.9 Å². The fourth-order valence-corrected chi connectivity index (χ4v) is 4.91. The van der Waals surface area contributed by atoms with E-state index in [0.717, 1.165) is 27.8 Å². The Kier molecular flexibility index (Phi) is 9.68. The van der Waals surface area contributed by atoms with Gasteiger partial charge in [-0.2, -0.15) is 0 Å². The van der Waals surface area contributed by atoms with Crippen LogP contribution in [0.2, 0.25) is 0 Å². The van der Waals surface area contributed by atoms with Crippen molar-refractivity contribution in [1.29, 1.82) is 0 Å². The average Bonchev–Trinajstić information content (AvgIpc) is 3.28. The van der Waals surface area contributed by atoms with E-state index in [9.17, 15) is 14.4 Å². The fraction of sp³-hybridized carbons (Fsp3) is 0.324. The van der Waals surface area contributed by atoms with Gasteiger partial charge in [0.2, 0.25) is 5.91 Å². The number of ether oxygens (including phenoxy) is 3. The molecule has 0 bridgehead atoms. The van der Waals surface area contributed by atoms with Gasteiger partial charge in [0.25, 0.3) is 0 Å². The summed E-state index contributed by atoms with van der Waals surface area (Å²) in [5, 5.41) is 5.34. The monoisotopic (exact) mass is 570 g/mol. The summed E-state index contributed by atoms with van der Waals surface area (Å²) in [5.41, 5.74) is 4.85. The van der Waals surface area contributed by atoms with Gasteiger partial charge in [0, 0.05) is 12.3 Å². The van der Waals surface area contributed by atoms with Crippen molar-refractivity contribution < 1.29 is 28.6 Å². The van der Waals surface area contributed by atoms with Crippen LogP contribution in [0.25, 0.3) is 11.1 Å². The predicted molar refractivity (Wildman–Crippen MR) is 161 cm³/mol. The average molecular weight is 571 g/mol. The molecule has 3 aromatic rings. The molecule has 4 rings (SSSR count). The van der Waals surface area contributed by atoms with Crippen molar-refractivity contribution in [2.45, 2.75) is 57.7 Å². The summed E-state index contributed by atoms with van der Waals surface area (Å²) in [6, 6.07) is 21.5. The topological polar surface area (TPSA) is 103 Å². The van der Waals surface area contributed by atoms with Gasteiger partial charge in [-0.3, -0.25) is 4.79 Å². The first-order valence-electron chi connectivity index (χ1n) is 14.0. The van der Waals surface area contributed by atoms with E-state index in [1.54, 1.807) is 0 Å². The molecule has 3 aromatic carbocycles. The molecule has 0 heterocycles. The molecular weight excluding hydrogens is 532 g/mol. The lowest BCUT2D eigenvalue weighted by atomic mass is 9.98. The summed E-state index contributed by atoms with van der Waals surface area (Å²) >= 11 is 0. The maximum Gasteiger partial charge on any atom is 0.407 e. The smallest absolute Gasteiger partial charge is 0.407 e. The lowest BCUT2D eigenvalue weighted by molar-refractivity contribution is -0.146. The maximum atomic E-state index is 13.3. The Morgan fingerprint density at radius 3 is 2.05 bits per heavy atom. The zero-order valence-electron chi connectivity index (χ0n) is 24.5.